The predicted octanol–water partition coefficient (Wildman–Crippen LogP) is 3.51. The first-order chi connectivity index (χ1) is 14.5. The second-order valence-corrected chi connectivity index (χ2v) is 10.4. The highest BCUT2D eigenvalue weighted by Crippen LogP contribution is 2.23. The Hall–Kier alpha value is -1.90. The van der Waals surface area contributed by atoms with Gasteiger partial charge in [-0.1, -0.05) is 25.1 Å². The molecule has 1 aromatic heterocycles. The molecular formula is C22H32N4O2S2. The fourth-order valence-electron chi connectivity index (χ4n) is 3.57. The summed E-state index contributed by atoms with van der Waals surface area (Å²) in [6.45, 7) is 7.73. The summed E-state index contributed by atoms with van der Waals surface area (Å²) >= 11 is 1.72. The highest BCUT2D eigenvalue weighted by atomic mass is 32.2. The van der Waals surface area contributed by atoms with Crippen LogP contribution < -0.4 is 10.6 Å². The highest BCUT2D eigenvalue weighted by Gasteiger charge is 2.29. The fraction of sp³-hybridized carbons (Fsp3) is 0.500. The first-order valence-electron chi connectivity index (χ1n) is 10.6. The third-order valence-electron chi connectivity index (χ3n) is 5.49. The maximum atomic E-state index is 12.8. The first-order valence-corrected chi connectivity index (χ1v) is 13.0. The molecule has 0 radical (unpaired) electrons. The lowest BCUT2D eigenvalue weighted by Gasteiger charge is -2.31. The minimum Gasteiger partial charge on any atom is -0.357 e. The monoisotopic (exact) mass is 448 g/mol. The van der Waals surface area contributed by atoms with Crippen LogP contribution in [0.4, 0.5) is 0 Å². The zero-order valence-electron chi connectivity index (χ0n) is 17.8. The van der Waals surface area contributed by atoms with Crippen molar-refractivity contribution in [3.05, 3.63) is 52.7 Å². The van der Waals surface area contributed by atoms with Gasteiger partial charge in [-0.05, 0) is 60.2 Å². The van der Waals surface area contributed by atoms with Gasteiger partial charge in [-0.15, -0.1) is 0 Å². The van der Waals surface area contributed by atoms with E-state index < -0.39 is 10.0 Å². The van der Waals surface area contributed by atoms with E-state index in [0.717, 1.165) is 38.4 Å². The number of hydrogen-bond donors (Lipinski definition) is 2. The van der Waals surface area contributed by atoms with Crippen LogP contribution in [-0.4, -0.2) is 51.4 Å². The molecule has 1 saturated heterocycles. The van der Waals surface area contributed by atoms with Crippen molar-refractivity contribution in [2.75, 3.05) is 32.7 Å². The van der Waals surface area contributed by atoms with Crippen LogP contribution >= 0.6 is 11.3 Å². The van der Waals surface area contributed by atoms with Crippen molar-refractivity contribution in [1.29, 1.82) is 0 Å². The van der Waals surface area contributed by atoms with E-state index in [9.17, 15) is 8.42 Å². The van der Waals surface area contributed by atoms with Gasteiger partial charge >= 0.3 is 0 Å². The van der Waals surface area contributed by atoms with E-state index in [1.807, 2.05) is 6.07 Å². The number of rotatable bonds is 8. The largest absolute Gasteiger partial charge is 0.357 e. The molecule has 0 spiro atoms. The Balaban J connectivity index is 1.49. The van der Waals surface area contributed by atoms with E-state index >= 15 is 0 Å². The number of hydrogen-bond acceptors (Lipinski definition) is 4. The van der Waals surface area contributed by atoms with Gasteiger partial charge in [0, 0.05) is 38.6 Å². The maximum absolute atomic E-state index is 12.8. The molecule has 0 aliphatic carbocycles. The number of nitrogens with one attached hydrogen (secondary N) is 2. The van der Waals surface area contributed by atoms with Gasteiger partial charge in [0.05, 0.1) is 4.90 Å². The molecule has 1 aromatic carbocycles. The van der Waals surface area contributed by atoms with Gasteiger partial charge in [0.25, 0.3) is 0 Å². The second kappa shape index (κ2) is 10.9. The van der Waals surface area contributed by atoms with Crippen molar-refractivity contribution in [3.8, 4) is 0 Å². The van der Waals surface area contributed by atoms with Gasteiger partial charge in [-0.2, -0.15) is 15.6 Å². The lowest BCUT2D eigenvalue weighted by molar-refractivity contribution is 0.273. The molecular weight excluding hydrogens is 416 g/mol. The lowest BCUT2D eigenvalue weighted by atomic mass is 9.98. The molecule has 1 aliphatic rings. The summed E-state index contributed by atoms with van der Waals surface area (Å²) in [5.41, 5.74) is 1.33. The topological polar surface area (TPSA) is 73.8 Å². The predicted molar refractivity (Wildman–Crippen MR) is 125 cm³/mol. The van der Waals surface area contributed by atoms with Gasteiger partial charge in [-0.25, -0.2) is 8.42 Å². The molecule has 6 nitrogen and oxygen atoms in total. The van der Waals surface area contributed by atoms with Crippen LogP contribution in [0, 0.1) is 5.92 Å². The van der Waals surface area contributed by atoms with E-state index in [1.54, 1.807) is 39.9 Å². The van der Waals surface area contributed by atoms with Gasteiger partial charge in [0.2, 0.25) is 10.0 Å². The SMILES string of the molecule is CCNC(=NCC(C)c1ccsc1)NCC1CCN(S(=O)(=O)c2ccccc2)CC1. The maximum Gasteiger partial charge on any atom is 0.243 e. The molecule has 0 amide bonds. The van der Waals surface area contributed by atoms with Crippen LogP contribution in [0.15, 0.2) is 57.0 Å². The van der Waals surface area contributed by atoms with Gasteiger partial charge < -0.3 is 10.6 Å². The molecule has 2 heterocycles. The van der Waals surface area contributed by atoms with E-state index in [2.05, 4.69) is 41.3 Å². The molecule has 1 fully saturated rings. The van der Waals surface area contributed by atoms with Crippen molar-refractivity contribution in [2.24, 2.45) is 10.9 Å². The molecule has 0 bridgehead atoms. The summed E-state index contributed by atoms with van der Waals surface area (Å²) in [5, 5.41) is 11.0. The molecule has 2 N–H and O–H groups in total. The van der Waals surface area contributed by atoms with Gasteiger partial charge in [0.15, 0.2) is 5.96 Å². The second-order valence-electron chi connectivity index (χ2n) is 7.72. The number of nitrogens with zero attached hydrogens (tertiary/aromatic N) is 2. The van der Waals surface area contributed by atoms with Crippen molar-refractivity contribution in [2.45, 2.75) is 37.5 Å². The summed E-state index contributed by atoms with van der Waals surface area (Å²) < 4.78 is 27.2. The smallest absolute Gasteiger partial charge is 0.243 e. The van der Waals surface area contributed by atoms with Crippen molar-refractivity contribution >= 4 is 27.3 Å². The van der Waals surface area contributed by atoms with E-state index in [0.29, 0.717) is 29.8 Å². The standard InChI is InChI=1S/C22H32N4O2S2/c1-3-23-22(24-15-18(2)20-11-14-29-17-20)25-16-19-9-12-26(13-10-19)30(27,28)21-7-5-4-6-8-21/h4-8,11,14,17-19H,3,9-10,12-13,15-16H2,1-2H3,(H2,23,24,25). The third kappa shape index (κ3) is 6.06. The minimum atomic E-state index is -3.39. The molecule has 1 unspecified atom stereocenters. The first kappa shape index (κ1) is 22.8. The Morgan fingerprint density at radius 1 is 1.20 bits per heavy atom. The van der Waals surface area contributed by atoms with Crippen molar-refractivity contribution < 1.29 is 8.42 Å². The third-order valence-corrected chi connectivity index (χ3v) is 8.11. The Morgan fingerprint density at radius 3 is 2.57 bits per heavy atom. The van der Waals surface area contributed by atoms with Crippen LogP contribution in [0.1, 0.15) is 38.2 Å². The van der Waals surface area contributed by atoms with Gasteiger partial charge in [0.1, 0.15) is 0 Å². The van der Waals surface area contributed by atoms with Crippen LogP contribution in [0.5, 0.6) is 0 Å². The zero-order chi connectivity index (χ0) is 21.4. The number of aliphatic imine (C=N–C) groups is 1. The van der Waals surface area contributed by atoms with Crippen LogP contribution in [0.2, 0.25) is 0 Å². The Kier molecular flexibility index (Phi) is 8.30. The summed E-state index contributed by atoms with van der Waals surface area (Å²) in [4.78, 5) is 5.12. The Bertz CT molecular complexity index is 890. The van der Waals surface area contributed by atoms with Crippen LogP contribution in [-0.2, 0) is 10.0 Å². The lowest BCUT2D eigenvalue weighted by Crippen LogP contribution is -2.44. The minimum absolute atomic E-state index is 0.378. The number of guanidine groups is 1. The van der Waals surface area contributed by atoms with E-state index in [4.69, 9.17) is 4.99 Å². The number of sulfonamides is 1. The number of piperidine rings is 1. The summed E-state index contributed by atoms with van der Waals surface area (Å²) in [7, 11) is -3.39. The number of benzene rings is 1. The van der Waals surface area contributed by atoms with Gasteiger partial charge in [-0.3, -0.25) is 4.99 Å². The Labute approximate surface area is 184 Å². The van der Waals surface area contributed by atoms with E-state index in [-0.39, 0.29) is 0 Å². The molecule has 1 aliphatic heterocycles. The van der Waals surface area contributed by atoms with Crippen LogP contribution in [0.3, 0.4) is 0 Å². The summed E-state index contributed by atoms with van der Waals surface area (Å²) in [6, 6.07) is 10.9. The molecule has 3 rings (SSSR count). The molecule has 30 heavy (non-hydrogen) atoms. The average Bonchev–Trinajstić information content (AvgIpc) is 3.31. The molecule has 164 valence electrons. The average molecular weight is 449 g/mol. The summed E-state index contributed by atoms with van der Waals surface area (Å²) in [5.74, 6) is 1.66. The van der Waals surface area contributed by atoms with Crippen LogP contribution in [0.25, 0.3) is 0 Å². The number of thiophene rings is 1. The normalized spacial score (nSPS) is 17.6. The van der Waals surface area contributed by atoms with Crippen molar-refractivity contribution in [1.82, 2.24) is 14.9 Å². The quantitative estimate of drug-likeness (QED) is 0.479. The molecule has 1 atom stereocenters. The van der Waals surface area contributed by atoms with E-state index in [1.165, 1.54) is 5.56 Å². The Morgan fingerprint density at radius 2 is 1.93 bits per heavy atom. The van der Waals surface area contributed by atoms with Crippen molar-refractivity contribution in [3.63, 3.8) is 0 Å². The zero-order valence-corrected chi connectivity index (χ0v) is 19.4. The fourth-order valence-corrected chi connectivity index (χ4v) is 5.84. The molecule has 0 saturated carbocycles. The molecule has 8 heteroatoms. The summed E-state index contributed by atoms with van der Waals surface area (Å²) in [6.07, 6.45) is 1.70. The molecule has 2 aromatic rings. The highest BCUT2D eigenvalue weighted by molar-refractivity contribution is 7.89.